The number of carbonyl (C=O) groups is 1. The van der Waals surface area contributed by atoms with E-state index in [1.807, 2.05) is 23.1 Å². The molecule has 0 unspecified atom stereocenters. The van der Waals surface area contributed by atoms with Gasteiger partial charge in [0.25, 0.3) is 5.69 Å². The molecule has 0 fully saturated rings. The van der Waals surface area contributed by atoms with E-state index in [1.165, 1.54) is 33.9 Å². The number of hydrogen-bond acceptors (Lipinski definition) is 5. The molecule has 8 heteroatoms. The van der Waals surface area contributed by atoms with Crippen molar-refractivity contribution in [2.75, 3.05) is 6.54 Å². The van der Waals surface area contributed by atoms with Gasteiger partial charge in [-0.25, -0.2) is 4.79 Å². The monoisotopic (exact) mass is 381 g/mol. The standard InChI is InChI=1S/C20H19N3O5/c24-19(21-11-9-14-4-1-2-5-15(14)13-21)6-3-10-22-17-8-7-16(23(26)27)12-18(17)28-20(22)25/h1-2,4-5,7-8,12H,3,6,9-11,13H2. The number of non-ortho nitro benzene ring substituents is 1. The van der Waals surface area contributed by atoms with Gasteiger partial charge in [0.2, 0.25) is 5.91 Å². The summed E-state index contributed by atoms with van der Waals surface area (Å²) in [5, 5.41) is 10.8. The summed E-state index contributed by atoms with van der Waals surface area (Å²) in [6, 6.07) is 12.2. The van der Waals surface area contributed by atoms with E-state index in [2.05, 4.69) is 6.07 Å². The number of aryl methyl sites for hydroxylation is 1. The number of nitro groups is 1. The third kappa shape index (κ3) is 3.40. The second kappa shape index (κ2) is 7.30. The van der Waals surface area contributed by atoms with Gasteiger partial charge < -0.3 is 9.32 Å². The average Bonchev–Trinajstić information content (AvgIpc) is 3.02. The molecule has 1 aromatic heterocycles. The third-order valence-corrected chi connectivity index (χ3v) is 5.12. The van der Waals surface area contributed by atoms with Gasteiger partial charge in [0, 0.05) is 32.1 Å². The Bertz CT molecular complexity index is 1110. The molecule has 2 aromatic carbocycles. The number of nitrogens with zero attached hydrogens (tertiary/aromatic N) is 3. The van der Waals surface area contributed by atoms with Crippen molar-refractivity contribution in [1.82, 2.24) is 9.47 Å². The maximum absolute atomic E-state index is 12.5. The molecule has 8 nitrogen and oxygen atoms in total. The summed E-state index contributed by atoms with van der Waals surface area (Å²) in [7, 11) is 0. The van der Waals surface area contributed by atoms with E-state index in [0.29, 0.717) is 38.0 Å². The molecular formula is C20H19N3O5. The summed E-state index contributed by atoms with van der Waals surface area (Å²) in [5.41, 5.74) is 3.01. The molecule has 2 heterocycles. The highest BCUT2D eigenvalue weighted by molar-refractivity contribution is 5.77. The second-order valence-electron chi connectivity index (χ2n) is 6.87. The minimum Gasteiger partial charge on any atom is -0.407 e. The average molecular weight is 381 g/mol. The number of oxazole rings is 1. The second-order valence-corrected chi connectivity index (χ2v) is 6.87. The van der Waals surface area contributed by atoms with Crippen LogP contribution >= 0.6 is 0 Å². The van der Waals surface area contributed by atoms with E-state index >= 15 is 0 Å². The van der Waals surface area contributed by atoms with Crippen LogP contribution in [0.2, 0.25) is 0 Å². The van der Waals surface area contributed by atoms with Gasteiger partial charge in [-0.05, 0) is 30.0 Å². The first-order valence-corrected chi connectivity index (χ1v) is 9.15. The predicted octanol–water partition coefficient (Wildman–Crippen LogP) is 2.87. The lowest BCUT2D eigenvalue weighted by Crippen LogP contribution is -2.36. The Morgan fingerprint density at radius 3 is 2.75 bits per heavy atom. The third-order valence-electron chi connectivity index (χ3n) is 5.12. The Balaban J connectivity index is 1.40. The molecular weight excluding hydrogens is 362 g/mol. The van der Waals surface area contributed by atoms with E-state index in [9.17, 15) is 19.7 Å². The number of amides is 1. The molecule has 0 spiro atoms. The zero-order valence-corrected chi connectivity index (χ0v) is 15.2. The van der Waals surface area contributed by atoms with Crippen LogP contribution in [0.4, 0.5) is 5.69 Å². The van der Waals surface area contributed by atoms with E-state index < -0.39 is 10.7 Å². The first-order valence-electron chi connectivity index (χ1n) is 9.15. The Hall–Kier alpha value is -3.42. The minimum absolute atomic E-state index is 0.0611. The fourth-order valence-corrected chi connectivity index (χ4v) is 3.64. The molecule has 0 atom stereocenters. The number of nitro benzene ring substituents is 1. The van der Waals surface area contributed by atoms with Crippen LogP contribution in [0.1, 0.15) is 24.0 Å². The Kier molecular flexibility index (Phi) is 4.68. The van der Waals surface area contributed by atoms with Crippen molar-refractivity contribution in [2.24, 2.45) is 0 Å². The minimum atomic E-state index is -0.574. The van der Waals surface area contributed by atoms with Crippen LogP contribution in [0, 0.1) is 10.1 Å². The van der Waals surface area contributed by atoms with E-state index in [4.69, 9.17) is 4.42 Å². The summed E-state index contributed by atoms with van der Waals surface area (Å²) in [5.74, 6) is -0.513. The van der Waals surface area contributed by atoms with Crippen molar-refractivity contribution in [2.45, 2.75) is 32.4 Å². The molecule has 28 heavy (non-hydrogen) atoms. The number of rotatable bonds is 5. The van der Waals surface area contributed by atoms with Crippen LogP contribution in [0.5, 0.6) is 0 Å². The van der Waals surface area contributed by atoms with Crippen LogP contribution in [-0.4, -0.2) is 26.8 Å². The summed E-state index contributed by atoms with van der Waals surface area (Å²) in [4.78, 5) is 36.8. The van der Waals surface area contributed by atoms with Crippen molar-refractivity contribution in [1.29, 1.82) is 0 Å². The molecule has 0 saturated heterocycles. The molecule has 1 aliphatic rings. The lowest BCUT2D eigenvalue weighted by Gasteiger charge is -2.29. The molecule has 3 aromatic rings. The van der Waals surface area contributed by atoms with Crippen LogP contribution in [0.25, 0.3) is 11.1 Å². The number of carbonyl (C=O) groups excluding carboxylic acids is 1. The van der Waals surface area contributed by atoms with Gasteiger partial charge in [0.15, 0.2) is 5.58 Å². The van der Waals surface area contributed by atoms with Crippen molar-refractivity contribution < 1.29 is 14.1 Å². The van der Waals surface area contributed by atoms with Crippen molar-refractivity contribution in [3.8, 4) is 0 Å². The number of benzene rings is 2. The van der Waals surface area contributed by atoms with Crippen LogP contribution in [0.3, 0.4) is 0 Å². The molecule has 0 aliphatic carbocycles. The normalized spacial score (nSPS) is 13.5. The fourth-order valence-electron chi connectivity index (χ4n) is 3.64. The van der Waals surface area contributed by atoms with Gasteiger partial charge in [0.1, 0.15) is 0 Å². The van der Waals surface area contributed by atoms with E-state index in [-0.39, 0.29) is 17.2 Å². The lowest BCUT2D eigenvalue weighted by molar-refractivity contribution is -0.384. The summed E-state index contributed by atoms with van der Waals surface area (Å²) < 4.78 is 6.52. The van der Waals surface area contributed by atoms with Crippen LogP contribution < -0.4 is 5.76 Å². The predicted molar refractivity (Wildman–Crippen MR) is 102 cm³/mol. The topological polar surface area (TPSA) is 98.6 Å². The molecule has 0 N–H and O–H groups in total. The van der Waals surface area contributed by atoms with Crippen LogP contribution in [0.15, 0.2) is 51.7 Å². The summed E-state index contributed by atoms with van der Waals surface area (Å²) in [6.45, 7) is 1.64. The van der Waals surface area contributed by atoms with E-state index in [1.54, 1.807) is 0 Å². The van der Waals surface area contributed by atoms with Crippen LogP contribution in [-0.2, 0) is 24.3 Å². The maximum Gasteiger partial charge on any atom is 0.419 e. The van der Waals surface area contributed by atoms with Gasteiger partial charge >= 0.3 is 5.76 Å². The lowest BCUT2D eigenvalue weighted by atomic mass is 9.99. The molecule has 144 valence electrons. The molecule has 1 aliphatic heterocycles. The smallest absolute Gasteiger partial charge is 0.407 e. The maximum atomic E-state index is 12.5. The zero-order valence-electron chi connectivity index (χ0n) is 15.2. The number of hydrogen-bond donors (Lipinski definition) is 0. The van der Waals surface area contributed by atoms with Gasteiger partial charge in [0.05, 0.1) is 16.5 Å². The molecule has 4 rings (SSSR count). The summed E-state index contributed by atoms with van der Waals surface area (Å²) >= 11 is 0. The highest BCUT2D eigenvalue weighted by Crippen LogP contribution is 2.21. The first kappa shape index (κ1) is 18.0. The largest absolute Gasteiger partial charge is 0.419 e. The quantitative estimate of drug-likeness (QED) is 0.500. The Labute approximate surface area is 160 Å². The van der Waals surface area contributed by atoms with Crippen molar-refractivity contribution in [3.05, 3.63) is 74.3 Å². The number of fused-ring (bicyclic) bond motifs is 2. The zero-order chi connectivity index (χ0) is 19.7. The molecule has 0 bridgehead atoms. The van der Waals surface area contributed by atoms with Gasteiger partial charge in [-0.3, -0.25) is 19.5 Å². The fraction of sp³-hybridized carbons (Fsp3) is 0.300. The van der Waals surface area contributed by atoms with Crippen molar-refractivity contribution in [3.63, 3.8) is 0 Å². The number of aromatic nitrogens is 1. The Morgan fingerprint density at radius 1 is 1.18 bits per heavy atom. The molecule has 1 amide bonds. The summed E-state index contributed by atoms with van der Waals surface area (Å²) in [6.07, 6.45) is 1.67. The molecule has 0 radical (unpaired) electrons. The highest BCUT2D eigenvalue weighted by Gasteiger charge is 2.20. The van der Waals surface area contributed by atoms with Gasteiger partial charge in [-0.2, -0.15) is 0 Å². The highest BCUT2D eigenvalue weighted by atomic mass is 16.6. The first-order chi connectivity index (χ1) is 13.5. The van der Waals surface area contributed by atoms with Gasteiger partial charge in [-0.1, -0.05) is 24.3 Å². The van der Waals surface area contributed by atoms with Crippen molar-refractivity contribution >= 4 is 22.7 Å². The SMILES string of the molecule is O=C(CCCn1c(=O)oc2cc([N+](=O)[O-])ccc21)N1CCc2ccccc2C1. The Morgan fingerprint density at radius 2 is 1.96 bits per heavy atom. The molecule has 0 saturated carbocycles. The van der Waals surface area contributed by atoms with E-state index in [0.717, 1.165) is 6.42 Å². The van der Waals surface area contributed by atoms with Gasteiger partial charge in [-0.15, -0.1) is 0 Å².